The van der Waals surface area contributed by atoms with Crippen LogP contribution >= 0.6 is 11.3 Å². The van der Waals surface area contributed by atoms with E-state index in [-0.39, 0.29) is 0 Å². The highest BCUT2D eigenvalue weighted by molar-refractivity contribution is 7.10. The number of carbonyl (C=O) groups excluding carboxylic acids is 1. The van der Waals surface area contributed by atoms with Gasteiger partial charge in [-0.2, -0.15) is 0 Å². The van der Waals surface area contributed by atoms with Gasteiger partial charge >= 0.3 is 0 Å². The average molecular weight is 208 g/mol. The lowest BCUT2D eigenvalue weighted by molar-refractivity contribution is -0.121. The van der Waals surface area contributed by atoms with Gasteiger partial charge in [0.2, 0.25) is 0 Å². The SMILES string of the molecule is Cc1ccsc1C1CC(=O)CCC1C. The minimum absolute atomic E-state index is 0.445. The zero-order valence-electron chi connectivity index (χ0n) is 8.75. The molecule has 0 bridgehead atoms. The maximum absolute atomic E-state index is 11.4. The monoisotopic (exact) mass is 208 g/mol. The molecule has 0 N–H and O–H groups in total. The van der Waals surface area contributed by atoms with E-state index in [9.17, 15) is 4.79 Å². The Hall–Kier alpha value is -0.630. The largest absolute Gasteiger partial charge is 0.300 e. The van der Waals surface area contributed by atoms with E-state index < -0.39 is 0 Å². The van der Waals surface area contributed by atoms with E-state index in [0.717, 1.165) is 19.3 Å². The van der Waals surface area contributed by atoms with E-state index in [4.69, 9.17) is 0 Å². The number of Topliss-reactive ketones (excluding diaryl/α,β-unsaturated/α-hetero) is 1. The lowest BCUT2D eigenvalue weighted by atomic mass is 9.78. The van der Waals surface area contributed by atoms with Gasteiger partial charge in [-0.05, 0) is 36.3 Å². The van der Waals surface area contributed by atoms with Crippen LogP contribution < -0.4 is 0 Å². The Morgan fingerprint density at radius 3 is 2.93 bits per heavy atom. The molecule has 1 aromatic heterocycles. The predicted octanol–water partition coefficient (Wildman–Crippen LogP) is 3.53. The first-order chi connectivity index (χ1) is 6.68. The predicted molar refractivity (Wildman–Crippen MR) is 59.8 cm³/mol. The Kier molecular flexibility index (Phi) is 2.73. The standard InChI is InChI=1S/C12H16OS/c1-8-3-4-10(13)7-11(8)12-9(2)5-6-14-12/h5-6,8,11H,3-4,7H2,1-2H3. The summed E-state index contributed by atoms with van der Waals surface area (Å²) in [5.74, 6) is 1.61. The molecule has 1 heterocycles. The second kappa shape index (κ2) is 3.85. The molecule has 0 aromatic carbocycles. The van der Waals surface area contributed by atoms with Crippen molar-refractivity contribution in [3.05, 3.63) is 21.9 Å². The van der Waals surface area contributed by atoms with Crippen molar-refractivity contribution in [1.82, 2.24) is 0 Å². The fraction of sp³-hybridized carbons (Fsp3) is 0.583. The van der Waals surface area contributed by atoms with Crippen molar-refractivity contribution in [3.8, 4) is 0 Å². The Morgan fingerprint density at radius 2 is 2.29 bits per heavy atom. The molecule has 76 valence electrons. The summed E-state index contributed by atoms with van der Waals surface area (Å²) >= 11 is 1.81. The number of carbonyl (C=O) groups is 1. The van der Waals surface area contributed by atoms with Crippen molar-refractivity contribution >= 4 is 17.1 Å². The second-order valence-corrected chi connectivity index (χ2v) is 5.28. The summed E-state index contributed by atoms with van der Waals surface area (Å²) < 4.78 is 0. The average Bonchev–Trinajstić information content (AvgIpc) is 2.56. The number of hydrogen-bond acceptors (Lipinski definition) is 2. The van der Waals surface area contributed by atoms with E-state index in [0.29, 0.717) is 17.6 Å². The lowest BCUT2D eigenvalue weighted by Crippen LogP contribution is -2.20. The van der Waals surface area contributed by atoms with Crippen LogP contribution in [-0.2, 0) is 4.79 Å². The maximum Gasteiger partial charge on any atom is 0.133 e. The third kappa shape index (κ3) is 1.76. The Balaban J connectivity index is 2.24. The van der Waals surface area contributed by atoms with Gasteiger partial charge in [0.05, 0.1) is 0 Å². The van der Waals surface area contributed by atoms with E-state index >= 15 is 0 Å². The van der Waals surface area contributed by atoms with Crippen LogP contribution in [0.15, 0.2) is 11.4 Å². The lowest BCUT2D eigenvalue weighted by Gasteiger charge is -2.27. The van der Waals surface area contributed by atoms with Gasteiger partial charge < -0.3 is 0 Å². The molecular formula is C12H16OS. The van der Waals surface area contributed by atoms with Crippen LogP contribution in [0.4, 0.5) is 0 Å². The Bertz CT molecular complexity index is 340. The third-order valence-electron chi connectivity index (χ3n) is 3.25. The van der Waals surface area contributed by atoms with Crippen molar-refractivity contribution in [3.63, 3.8) is 0 Å². The van der Waals surface area contributed by atoms with Crippen molar-refractivity contribution < 1.29 is 4.79 Å². The zero-order valence-corrected chi connectivity index (χ0v) is 9.56. The van der Waals surface area contributed by atoms with E-state index in [2.05, 4.69) is 25.3 Å². The van der Waals surface area contributed by atoms with Crippen molar-refractivity contribution in [2.75, 3.05) is 0 Å². The summed E-state index contributed by atoms with van der Waals surface area (Å²) in [6.07, 6.45) is 2.63. The van der Waals surface area contributed by atoms with Crippen molar-refractivity contribution in [2.24, 2.45) is 5.92 Å². The minimum Gasteiger partial charge on any atom is -0.300 e. The van der Waals surface area contributed by atoms with E-state index in [1.54, 1.807) is 0 Å². The van der Waals surface area contributed by atoms with Crippen LogP contribution in [0.2, 0.25) is 0 Å². The summed E-state index contributed by atoms with van der Waals surface area (Å²) in [5.41, 5.74) is 1.36. The summed E-state index contributed by atoms with van der Waals surface area (Å²) in [6, 6.07) is 2.16. The molecule has 0 amide bonds. The van der Waals surface area contributed by atoms with Gasteiger partial charge in [-0.3, -0.25) is 4.79 Å². The van der Waals surface area contributed by atoms with Crippen LogP contribution in [0.3, 0.4) is 0 Å². The highest BCUT2D eigenvalue weighted by Gasteiger charge is 2.28. The summed E-state index contributed by atoms with van der Waals surface area (Å²) in [5, 5.41) is 2.14. The number of hydrogen-bond donors (Lipinski definition) is 0. The molecule has 14 heavy (non-hydrogen) atoms. The number of ketones is 1. The van der Waals surface area contributed by atoms with Gasteiger partial charge in [-0.25, -0.2) is 0 Å². The summed E-state index contributed by atoms with van der Waals surface area (Å²) in [4.78, 5) is 12.9. The maximum atomic E-state index is 11.4. The third-order valence-corrected chi connectivity index (χ3v) is 4.40. The fourth-order valence-corrected chi connectivity index (χ4v) is 3.42. The van der Waals surface area contributed by atoms with Gasteiger partial charge in [-0.15, -0.1) is 11.3 Å². The smallest absolute Gasteiger partial charge is 0.133 e. The first-order valence-electron chi connectivity index (χ1n) is 5.24. The van der Waals surface area contributed by atoms with Gasteiger partial charge in [-0.1, -0.05) is 6.92 Å². The van der Waals surface area contributed by atoms with Gasteiger partial charge in [0.15, 0.2) is 0 Å². The summed E-state index contributed by atoms with van der Waals surface area (Å²) in [7, 11) is 0. The molecule has 1 saturated carbocycles. The van der Waals surface area contributed by atoms with Gasteiger partial charge in [0.25, 0.3) is 0 Å². The normalized spacial score (nSPS) is 28.0. The summed E-state index contributed by atoms with van der Waals surface area (Å²) in [6.45, 7) is 4.42. The molecule has 2 atom stereocenters. The van der Waals surface area contributed by atoms with Crippen molar-refractivity contribution in [2.45, 2.75) is 39.0 Å². The van der Waals surface area contributed by atoms with Crippen LogP contribution in [0, 0.1) is 12.8 Å². The first kappa shape index (κ1) is 9.91. The Morgan fingerprint density at radius 1 is 1.50 bits per heavy atom. The molecule has 2 heteroatoms. The molecule has 2 unspecified atom stereocenters. The fourth-order valence-electron chi connectivity index (χ4n) is 2.25. The minimum atomic E-state index is 0.445. The first-order valence-corrected chi connectivity index (χ1v) is 6.12. The van der Waals surface area contributed by atoms with Crippen LogP contribution in [0.5, 0.6) is 0 Å². The van der Waals surface area contributed by atoms with E-state index in [1.165, 1.54) is 10.4 Å². The highest BCUT2D eigenvalue weighted by atomic mass is 32.1. The van der Waals surface area contributed by atoms with Crippen LogP contribution in [0.1, 0.15) is 42.5 Å². The van der Waals surface area contributed by atoms with Gasteiger partial charge in [0, 0.05) is 23.6 Å². The molecule has 1 aromatic rings. The molecule has 0 saturated heterocycles. The molecule has 2 rings (SSSR count). The number of thiophene rings is 1. The molecule has 1 aliphatic rings. The van der Waals surface area contributed by atoms with E-state index in [1.807, 2.05) is 11.3 Å². The zero-order chi connectivity index (χ0) is 10.1. The molecule has 0 spiro atoms. The highest BCUT2D eigenvalue weighted by Crippen LogP contribution is 2.39. The molecule has 1 fully saturated rings. The van der Waals surface area contributed by atoms with Gasteiger partial charge in [0.1, 0.15) is 5.78 Å². The quantitative estimate of drug-likeness (QED) is 0.690. The molecule has 0 radical (unpaired) electrons. The number of aryl methyl sites for hydroxylation is 1. The molecule has 1 aliphatic carbocycles. The molecule has 0 aliphatic heterocycles. The van der Waals surface area contributed by atoms with Crippen LogP contribution in [-0.4, -0.2) is 5.78 Å². The molecule has 1 nitrogen and oxygen atoms in total. The topological polar surface area (TPSA) is 17.1 Å². The second-order valence-electron chi connectivity index (χ2n) is 4.33. The van der Waals surface area contributed by atoms with Crippen LogP contribution in [0.25, 0.3) is 0 Å². The number of rotatable bonds is 1. The van der Waals surface area contributed by atoms with Crippen molar-refractivity contribution in [1.29, 1.82) is 0 Å². The Labute approximate surface area is 89.1 Å². The molecular weight excluding hydrogens is 192 g/mol.